The van der Waals surface area contributed by atoms with E-state index in [-0.39, 0.29) is 6.61 Å². The second kappa shape index (κ2) is 8.80. The highest BCUT2D eigenvalue weighted by Crippen LogP contribution is 2.30. The summed E-state index contributed by atoms with van der Waals surface area (Å²) >= 11 is 0. The Hall–Kier alpha value is -2.39. The molecule has 0 aliphatic rings. The third-order valence-corrected chi connectivity index (χ3v) is 2.76. The van der Waals surface area contributed by atoms with Gasteiger partial charge in [-0.2, -0.15) is 0 Å². The number of rotatable bonds is 4. The molecule has 0 fully saturated rings. The van der Waals surface area contributed by atoms with Crippen LogP contribution < -0.4 is 4.74 Å². The molecule has 0 spiro atoms. The van der Waals surface area contributed by atoms with Crippen LogP contribution in [-0.4, -0.2) is 11.6 Å². The van der Waals surface area contributed by atoms with E-state index < -0.39 is 0 Å². The van der Waals surface area contributed by atoms with Gasteiger partial charge in [0, 0.05) is 5.56 Å². The highest BCUT2D eigenvalue weighted by Gasteiger charge is 2.06. The van der Waals surface area contributed by atoms with Gasteiger partial charge in [0.2, 0.25) is 0 Å². The number of carbonyl (C=O) groups is 1. The molecule has 0 heterocycles. The summed E-state index contributed by atoms with van der Waals surface area (Å²) in [4.78, 5) is 10.5. The van der Waals surface area contributed by atoms with Gasteiger partial charge in [0.05, 0.1) is 6.61 Å². The molecule has 0 aliphatic carbocycles. The van der Waals surface area contributed by atoms with Crippen molar-refractivity contribution in [3.05, 3.63) is 65.7 Å². The van der Waals surface area contributed by atoms with Crippen LogP contribution in [0.1, 0.15) is 25.0 Å². The van der Waals surface area contributed by atoms with Gasteiger partial charge in [-0.15, -0.1) is 6.58 Å². The fraction of sp³-hybridized carbons (Fsp3) is 0.211. The molecule has 0 aromatic heterocycles. The van der Waals surface area contributed by atoms with Gasteiger partial charge in [-0.25, -0.2) is 0 Å². The lowest BCUT2D eigenvalue weighted by Crippen LogP contribution is -1.93. The molecule has 3 heteroatoms. The van der Waals surface area contributed by atoms with Gasteiger partial charge >= 0.3 is 0 Å². The van der Waals surface area contributed by atoms with E-state index in [9.17, 15) is 4.79 Å². The Morgan fingerprint density at radius 1 is 1.18 bits per heavy atom. The molecular weight excluding hydrogens is 276 g/mol. The van der Waals surface area contributed by atoms with Gasteiger partial charge < -0.3 is 9.84 Å². The van der Waals surface area contributed by atoms with Crippen LogP contribution in [-0.2, 0) is 11.4 Å². The van der Waals surface area contributed by atoms with E-state index in [4.69, 9.17) is 9.84 Å². The SMILES string of the molecule is C=C(C)C.Cc1ccc(-c2ccc(CO)cc2)c(OC=O)c1. The van der Waals surface area contributed by atoms with Crippen LogP contribution >= 0.6 is 0 Å². The molecule has 0 saturated heterocycles. The van der Waals surface area contributed by atoms with E-state index in [1.165, 1.54) is 5.57 Å². The lowest BCUT2D eigenvalue weighted by molar-refractivity contribution is -0.120. The van der Waals surface area contributed by atoms with Gasteiger partial charge in [0.25, 0.3) is 6.47 Å². The molecule has 0 aliphatic heterocycles. The number of aliphatic hydroxyl groups excluding tert-OH is 1. The maximum absolute atomic E-state index is 10.5. The predicted molar refractivity (Wildman–Crippen MR) is 89.7 cm³/mol. The zero-order valence-corrected chi connectivity index (χ0v) is 13.3. The lowest BCUT2D eigenvalue weighted by atomic mass is 10.0. The van der Waals surface area contributed by atoms with E-state index in [1.807, 2.05) is 63.2 Å². The van der Waals surface area contributed by atoms with Crippen LogP contribution in [0.4, 0.5) is 0 Å². The molecule has 0 amide bonds. The van der Waals surface area contributed by atoms with Gasteiger partial charge in [-0.05, 0) is 43.5 Å². The number of hydrogen-bond donors (Lipinski definition) is 1. The highest BCUT2D eigenvalue weighted by molar-refractivity contribution is 5.72. The average molecular weight is 298 g/mol. The Morgan fingerprint density at radius 2 is 1.77 bits per heavy atom. The third-order valence-electron chi connectivity index (χ3n) is 2.76. The number of benzene rings is 2. The monoisotopic (exact) mass is 298 g/mol. The van der Waals surface area contributed by atoms with E-state index in [0.29, 0.717) is 12.2 Å². The van der Waals surface area contributed by atoms with Crippen molar-refractivity contribution in [3.8, 4) is 16.9 Å². The maximum Gasteiger partial charge on any atom is 0.298 e. The number of ether oxygens (including phenoxy) is 1. The van der Waals surface area contributed by atoms with E-state index in [2.05, 4.69) is 6.58 Å². The molecule has 2 aromatic carbocycles. The Bertz CT molecular complexity index is 624. The molecule has 2 aromatic rings. The second-order valence-corrected chi connectivity index (χ2v) is 5.28. The van der Waals surface area contributed by atoms with Gasteiger partial charge in [0.15, 0.2) is 0 Å². The first-order valence-electron chi connectivity index (χ1n) is 7.01. The summed E-state index contributed by atoms with van der Waals surface area (Å²) < 4.78 is 5.00. The molecule has 0 unspecified atom stereocenters. The fourth-order valence-electron chi connectivity index (χ4n) is 1.81. The van der Waals surface area contributed by atoms with Crippen molar-refractivity contribution in [2.24, 2.45) is 0 Å². The van der Waals surface area contributed by atoms with Crippen molar-refractivity contribution in [2.75, 3.05) is 0 Å². The van der Waals surface area contributed by atoms with E-state index in [1.54, 1.807) is 0 Å². The summed E-state index contributed by atoms with van der Waals surface area (Å²) in [5.74, 6) is 0.543. The zero-order valence-electron chi connectivity index (χ0n) is 13.3. The van der Waals surface area contributed by atoms with Gasteiger partial charge in [-0.3, -0.25) is 4.79 Å². The molecule has 0 saturated carbocycles. The average Bonchev–Trinajstić information content (AvgIpc) is 2.47. The summed E-state index contributed by atoms with van der Waals surface area (Å²) in [6.45, 7) is 9.89. The summed E-state index contributed by atoms with van der Waals surface area (Å²) in [5, 5.41) is 9.00. The first-order chi connectivity index (χ1) is 10.5. The molecule has 116 valence electrons. The number of carbonyl (C=O) groups excluding carboxylic acids is 1. The minimum absolute atomic E-state index is 0.0197. The predicted octanol–water partition coefficient (Wildman–Crippen LogP) is 4.27. The Kier molecular flexibility index (Phi) is 7.06. The molecule has 1 N–H and O–H groups in total. The maximum atomic E-state index is 10.5. The molecular formula is C19H22O3. The van der Waals surface area contributed by atoms with Crippen LogP contribution in [0.5, 0.6) is 5.75 Å². The van der Waals surface area contributed by atoms with Crippen molar-refractivity contribution in [1.82, 2.24) is 0 Å². The molecule has 2 rings (SSSR count). The zero-order chi connectivity index (χ0) is 16.5. The fourth-order valence-corrected chi connectivity index (χ4v) is 1.81. The highest BCUT2D eigenvalue weighted by atomic mass is 16.5. The number of aryl methyl sites for hydroxylation is 1. The van der Waals surface area contributed by atoms with Crippen LogP contribution in [0.3, 0.4) is 0 Å². The molecule has 3 nitrogen and oxygen atoms in total. The summed E-state index contributed by atoms with van der Waals surface area (Å²) in [6.07, 6.45) is 0. The topological polar surface area (TPSA) is 46.5 Å². The normalized spacial score (nSPS) is 9.45. The van der Waals surface area contributed by atoms with Crippen molar-refractivity contribution >= 4 is 6.47 Å². The van der Waals surface area contributed by atoms with E-state index in [0.717, 1.165) is 22.3 Å². The Balaban J connectivity index is 0.000000541. The minimum Gasteiger partial charge on any atom is -0.428 e. The van der Waals surface area contributed by atoms with E-state index >= 15 is 0 Å². The first-order valence-corrected chi connectivity index (χ1v) is 7.01. The van der Waals surface area contributed by atoms with Crippen LogP contribution in [0.25, 0.3) is 11.1 Å². The molecule has 0 bridgehead atoms. The summed E-state index contributed by atoms with van der Waals surface area (Å²) in [7, 11) is 0. The molecule has 22 heavy (non-hydrogen) atoms. The quantitative estimate of drug-likeness (QED) is 0.677. The van der Waals surface area contributed by atoms with Crippen molar-refractivity contribution in [3.63, 3.8) is 0 Å². The first kappa shape index (κ1) is 17.7. The van der Waals surface area contributed by atoms with Crippen LogP contribution in [0, 0.1) is 6.92 Å². The summed E-state index contributed by atoms with van der Waals surface area (Å²) in [5.41, 5.74) is 4.85. The van der Waals surface area contributed by atoms with Crippen molar-refractivity contribution in [2.45, 2.75) is 27.4 Å². The number of aliphatic hydroxyl groups is 1. The molecule has 0 atom stereocenters. The number of hydrogen-bond acceptors (Lipinski definition) is 3. The Labute approximate surface area is 131 Å². The van der Waals surface area contributed by atoms with Crippen LogP contribution in [0.15, 0.2) is 54.6 Å². The smallest absolute Gasteiger partial charge is 0.298 e. The van der Waals surface area contributed by atoms with Gasteiger partial charge in [-0.1, -0.05) is 42.0 Å². The van der Waals surface area contributed by atoms with Crippen LogP contribution in [0.2, 0.25) is 0 Å². The van der Waals surface area contributed by atoms with Crippen molar-refractivity contribution < 1.29 is 14.6 Å². The minimum atomic E-state index is 0.0197. The largest absolute Gasteiger partial charge is 0.428 e. The lowest BCUT2D eigenvalue weighted by Gasteiger charge is -2.09. The standard InChI is InChI=1S/C15H14O3.C4H8/c1-11-2-7-14(15(8-11)18-10-17)13-5-3-12(9-16)4-6-13;1-4(2)3/h2-8,10,16H,9H2,1H3;1H2,2-3H3. The van der Waals surface area contributed by atoms with Crippen molar-refractivity contribution in [1.29, 1.82) is 0 Å². The number of allylic oxidation sites excluding steroid dienone is 1. The summed E-state index contributed by atoms with van der Waals surface area (Å²) in [6, 6.07) is 13.2. The molecule has 0 radical (unpaired) electrons. The third kappa shape index (κ3) is 5.54. The Morgan fingerprint density at radius 3 is 2.27 bits per heavy atom. The van der Waals surface area contributed by atoms with Gasteiger partial charge in [0.1, 0.15) is 5.75 Å². The second-order valence-electron chi connectivity index (χ2n) is 5.28.